The van der Waals surface area contributed by atoms with Gasteiger partial charge in [-0.25, -0.2) is 4.79 Å². The van der Waals surface area contributed by atoms with E-state index >= 15 is 0 Å². The highest BCUT2D eigenvalue weighted by Crippen LogP contribution is 2.41. The van der Waals surface area contributed by atoms with E-state index in [1.165, 1.54) is 0 Å². The molecule has 0 saturated carbocycles. The molecule has 1 aromatic heterocycles. The van der Waals surface area contributed by atoms with Crippen LogP contribution in [0.3, 0.4) is 0 Å². The first-order valence-electron chi connectivity index (χ1n) is 10.9. The molecule has 6 nitrogen and oxygen atoms in total. The molecule has 1 unspecified atom stereocenters. The van der Waals surface area contributed by atoms with E-state index < -0.39 is 5.60 Å². The summed E-state index contributed by atoms with van der Waals surface area (Å²) in [5.74, 6) is -0.0279. The maximum absolute atomic E-state index is 12.6. The quantitative estimate of drug-likeness (QED) is 0.505. The van der Waals surface area contributed by atoms with Gasteiger partial charge in [-0.05, 0) is 84.6 Å². The second-order valence-corrected chi connectivity index (χ2v) is 10.7. The van der Waals surface area contributed by atoms with E-state index in [2.05, 4.69) is 20.8 Å². The lowest BCUT2D eigenvalue weighted by atomic mass is 9.92. The van der Waals surface area contributed by atoms with Gasteiger partial charge in [-0.15, -0.1) is 0 Å². The van der Waals surface area contributed by atoms with E-state index in [0.717, 1.165) is 26.9 Å². The molecule has 1 amide bonds. The van der Waals surface area contributed by atoms with Crippen molar-refractivity contribution in [3.8, 4) is 0 Å². The summed E-state index contributed by atoms with van der Waals surface area (Å²) in [7, 11) is 0. The molecule has 8 heteroatoms. The fourth-order valence-corrected chi connectivity index (χ4v) is 4.86. The Hall–Kier alpha value is -2.22. The van der Waals surface area contributed by atoms with Gasteiger partial charge in [0.15, 0.2) is 5.78 Å². The number of rotatable bonds is 2. The number of amides is 1. The summed E-state index contributed by atoms with van der Waals surface area (Å²) in [6, 6.07) is 7.51. The summed E-state index contributed by atoms with van der Waals surface area (Å²) in [4.78, 5) is 34.0. The highest BCUT2D eigenvalue weighted by molar-refractivity contribution is 9.10. The van der Waals surface area contributed by atoms with E-state index in [0.29, 0.717) is 36.8 Å². The van der Waals surface area contributed by atoms with Gasteiger partial charge in [-0.1, -0.05) is 17.7 Å². The first kappa shape index (κ1) is 23.9. The van der Waals surface area contributed by atoms with Gasteiger partial charge in [0.25, 0.3) is 0 Å². The molecule has 1 atom stereocenters. The number of nitrogens with zero attached hydrogens (tertiary/aromatic N) is 3. The number of ether oxygens (including phenoxy) is 1. The summed E-state index contributed by atoms with van der Waals surface area (Å²) in [6.07, 6.45) is 3.39. The molecule has 0 bridgehead atoms. The predicted octanol–water partition coefficient (Wildman–Crippen LogP) is 5.58. The van der Waals surface area contributed by atoms with E-state index in [9.17, 15) is 9.59 Å². The van der Waals surface area contributed by atoms with E-state index in [4.69, 9.17) is 21.3 Å². The van der Waals surface area contributed by atoms with E-state index in [-0.39, 0.29) is 17.9 Å². The van der Waals surface area contributed by atoms with Crippen LogP contribution in [0, 0.1) is 0 Å². The Labute approximate surface area is 207 Å². The first-order valence-corrected chi connectivity index (χ1v) is 12.1. The topological polar surface area (TPSA) is 62.7 Å². The van der Waals surface area contributed by atoms with Crippen molar-refractivity contribution in [2.45, 2.75) is 39.3 Å². The zero-order valence-corrected chi connectivity index (χ0v) is 21.5. The number of hydrogen-bond acceptors (Lipinski definition) is 5. The summed E-state index contributed by atoms with van der Waals surface area (Å²) in [5.41, 5.74) is 3.66. The van der Waals surface area contributed by atoms with Crippen LogP contribution < -0.4 is 0 Å². The van der Waals surface area contributed by atoms with Gasteiger partial charge in [0, 0.05) is 47.4 Å². The van der Waals surface area contributed by atoms with Crippen LogP contribution in [0.15, 0.2) is 34.9 Å². The molecule has 33 heavy (non-hydrogen) atoms. The highest BCUT2D eigenvalue weighted by Gasteiger charge is 2.35. The van der Waals surface area contributed by atoms with Crippen LogP contribution >= 0.6 is 27.5 Å². The van der Waals surface area contributed by atoms with Gasteiger partial charge < -0.3 is 9.64 Å². The molecule has 1 saturated heterocycles. The molecule has 1 aliphatic carbocycles. The van der Waals surface area contributed by atoms with Crippen molar-refractivity contribution in [1.82, 2.24) is 14.8 Å². The van der Waals surface area contributed by atoms with Crippen LogP contribution in [0.5, 0.6) is 0 Å². The van der Waals surface area contributed by atoms with Crippen molar-refractivity contribution in [2.24, 2.45) is 0 Å². The largest absolute Gasteiger partial charge is 0.444 e. The molecular formula is C25H27BrClN3O3. The predicted molar refractivity (Wildman–Crippen MR) is 133 cm³/mol. The highest BCUT2D eigenvalue weighted by atomic mass is 79.9. The number of fused-ring (bicyclic) bond motifs is 2. The number of pyridine rings is 1. The van der Waals surface area contributed by atoms with Crippen LogP contribution in [0.25, 0.3) is 11.6 Å². The molecule has 0 radical (unpaired) electrons. The molecule has 1 fully saturated rings. The minimum atomic E-state index is -0.529. The molecule has 0 spiro atoms. The number of piperazine rings is 1. The van der Waals surface area contributed by atoms with Crippen molar-refractivity contribution in [1.29, 1.82) is 0 Å². The second kappa shape index (κ2) is 9.20. The monoisotopic (exact) mass is 531 g/mol. The number of aromatic nitrogens is 1. The minimum Gasteiger partial charge on any atom is -0.444 e. The molecule has 2 aromatic rings. The third-order valence-electron chi connectivity index (χ3n) is 5.79. The van der Waals surface area contributed by atoms with Crippen molar-refractivity contribution in [3.63, 3.8) is 0 Å². The number of ketones is 1. The number of halogens is 2. The smallest absolute Gasteiger partial charge is 0.410 e. The van der Waals surface area contributed by atoms with Gasteiger partial charge in [0.2, 0.25) is 0 Å². The zero-order valence-electron chi connectivity index (χ0n) is 19.2. The van der Waals surface area contributed by atoms with Gasteiger partial charge in [-0.2, -0.15) is 0 Å². The maximum atomic E-state index is 12.6. The van der Waals surface area contributed by atoms with Gasteiger partial charge in [0.1, 0.15) is 5.60 Å². The zero-order chi connectivity index (χ0) is 23.9. The summed E-state index contributed by atoms with van der Waals surface area (Å²) < 4.78 is 6.39. The second-order valence-electron chi connectivity index (χ2n) is 9.38. The molecule has 174 valence electrons. The Kier molecular flexibility index (Phi) is 6.67. The number of hydrogen-bond donors (Lipinski definition) is 0. The van der Waals surface area contributed by atoms with Crippen molar-refractivity contribution < 1.29 is 14.3 Å². The Morgan fingerprint density at radius 3 is 2.48 bits per heavy atom. The number of carbonyl (C=O) groups excluding carboxylic acids is 2. The lowest BCUT2D eigenvalue weighted by molar-refractivity contribution is -0.111. The van der Waals surface area contributed by atoms with Crippen LogP contribution in [0.4, 0.5) is 4.79 Å². The molecule has 1 aliphatic heterocycles. The Balaban J connectivity index is 1.72. The molecule has 4 rings (SSSR count). The number of carbonyl (C=O) groups is 2. The van der Waals surface area contributed by atoms with Crippen molar-refractivity contribution in [2.75, 3.05) is 26.2 Å². The van der Waals surface area contributed by atoms with Gasteiger partial charge in [0.05, 0.1) is 11.7 Å². The Morgan fingerprint density at radius 2 is 1.85 bits per heavy atom. The van der Waals surface area contributed by atoms with Crippen LogP contribution in [-0.4, -0.2) is 58.4 Å². The summed E-state index contributed by atoms with van der Waals surface area (Å²) in [6.45, 7) is 9.58. The lowest BCUT2D eigenvalue weighted by Gasteiger charge is -2.40. The SMILES string of the molecule is CC(=O)C1=Cc2cc(Br)cnc2C(N2CCN(C(=O)OC(C)(C)C)CC2)c2ccc(Cl)cc21. The van der Waals surface area contributed by atoms with Crippen molar-refractivity contribution >= 4 is 51.1 Å². The standard InChI is InChI=1S/C25H27BrClN3O3/c1-15(31)20-12-16-11-17(26)14-28-22(16)23(19-6-5-18(27)13-21(19)20)29-7-9-30(10-8-29)24(32)33-25(2,3)4/h5-6,11-14,23H,7-10H2,1-4H3. The van der Waals surface area contributed by atoms with Crippen LogP contribution in [0.1, 0.15) is 56.1 Å². The van der Waals surface area contributed by atoms with Gasteiger partial charge >= 0.3 is 6.09 Å². The normalized spacial score (nSPS) is 18.7. The van der Waals surface area contributed by atoms with E-state index in [1.54, 1.807) is 18.0 Å². The Bertz CT molecular complexity index is 1130. The summed E-state index contributed by atoms with van der Waals surface area (Å²) >= 11 is 9.86. The fraction of sp³-hybridized carbons (Fsp3) is 0.400. The third-order valence-corrected chi connectivity index (χ3v) is 6.45. The number of benzene rings is 1. The lowest BCUT2D eigenvalue weighted by Crippen LogP contribution is -2.51. The van der Waals surface area contributed by atoms with Crippen LogP contribution in [0.2, 0.25) is 5.02 Å². The van der Waals surface area contributed by atoms with E-state index in [1.807, 2.05) is 51.1 Å². The molecule has 2 heterocycles. The molecule has 1 aromatic carbocycles. The minimum absolute atomic E-state index is 0.0279. The van der Waals surface area contributed by atoms with Crippen molar-refractivity contribution in [3.05, 3.63) is 62.3 Å². The fourth-order valence-electron chi connectivity index (χ4n) is 4.34. The van der Waals surface area contributed by atoms with Crippen LogP contribution in [-0.2, 0) is 9.53 Å². The number of Topliss-reactive ketones (excluding diaryl/α,β-unsaturated/α-hetero) is 1. The maximum Gasteiger partial charge on any atom is 0.410 e. The average Bonchev–Trinajstić information content (AvgIpc) is 2.86. The average molecular weight is 533 g/mol. The summed E-state index contributed by atoms with van der Waals surface area (Å²) in [5, 5.41) is 0.578. The number of allylic oxidation sites excluding steroid dienone is 1. The Morgan fingerprint density at radius 1 is 1.15 bits per heavy atom. The van der Waals surface area contributed by atoms with Gasteiger partial charge in [-0.3, -0.25) is 14.7 Å². The molecule has 0 N–H and O–H groups in total. The first-order chi connectivity index (χ1) is 15.5. The molecular weight excluding hydrogens is 506 g/mol. The molecule has 2 aliphatic rings. The third kappa shape index (κ3) is 5.15.